The molecule has 0 aliphatic heterocycles. The predicted molar refractivity (Wildman–Crippen MR) is 119 cm³/mol. The summed E-state index contributed by atoms with van der Waals surface area (Å²) in [6.45, 7) is 15.9. The molecule has 158 valence electrons. The fourth-order valence-corrected chi connectivity index (χ4v) is 3.12. The summed E-state index contributed by atoms with van der Waals surface area (Å²) in [7, 11) is 0. The summed E-state index contributed by atoms with van der Waals surface area (Å²) in [5.74, 6) is 0.603. The quantitative estimate of drug-likeness (QED) is 0.425. The Morgan fingerprint density at radius 2 is 1.71 bits per heavy atom. The minimum Gasteiger partial charge on any atom is -0.357 e. The number of aliphatic imine (C=N–C) groups is 1. The number of rotatable bonds is 10. The van der Waals surface area contributed by atoms with Crippen LogP contribution in [0, 0.1) is 0 Å². The van der Waals surface area contributed by atoms with Gasteiger partial charge in [0, 0.05) is 24.7 Å². The van der Waals surface area contributed by atoms with Gasteiger partial charge in [-0.1, -0.05) is 44.2 Å². The first-order valence-corrected chi connectivity index (χ1v) is 10.4. The monoisotopic (exact) mass is 389 g/mol. The van der Waals surface area contributed by atoms with Gasteiger partial charge in [0.15, 0.2) is 5.96 Å². The van der Waals surface area contributed by atoms with Crippen LogP contribution in [0.5, 0.6) is 0 Å². The Bertz CT molecular complexity index is 591. The highest BCUT2D eigenvalue weighted by Crippen LogP contribution is 2.08. The van der Waals surface area contributed by atoms with Gasteiger partial charge < -0.3 is 16.0 Å². The number of carbonyl (C=O) groups excluding carboxylic acids is 1. The molecule has 1 aromatic rings. The van der Waals surface area contributed by atoms with Gasteiger partial charge in [-0.25, -0.2) is 4.99 Å². The van der Waals surface area contributed by atoms with Crippen LogP contribution >= 0.6 is 0 Å². The van der Waals surface area contributed by atoms with Crippen molar-refractivity contribution in [3.63, 3.8) is 0 Å². The Balaban J connectivity index is 2.76. The SMILES string of the molecule is CCNC(=NCC(=O)NC(C)(C)C)NCC(Cc1ccccc1)N(CC)CC. The average molecular weight is 390 g/mol. The van der Waals surface area contributed by atoms with Crippen LogP contribution in [0.15, 0.2) is 35.3 Å². The summed E-state index contributed by atoms with van der Waals surface area (Å²) < 4.78 is 0. The standard InChI is InChI=1S/C22H39N5O/c1-7-23-21(25-17-20(28)26-22(4,5)6)24-16-19(27(8-2)9-3)15-18-13-11-10-12-14-18/h10-14,19H,7-9,15-17H2,1-6H3,(H,26,28)(H2,23,24,25). The van der Waals surface area contributed by atoms with Crippen LogP contribution in [0.1, 0.15) is 47.1 Å². The van der Waals surface area contributed by atoms with Gasteiger partial charge in [0.25, 0.3) is 0 Å². The first kappa shape index (κ1) is 24.0. The molecule has 28 heavy (non-hydrogen) atoms. The fourth-order valence-electron chi connectivity index (χ4n) is 3.12. The normalized spacial score (nSPS) is 13.3. The molecule has 0 aliphatic carbocycles. The zero-order chi connectivity index (χ0) is 21.0. The van der Waals surface area contributed by atoms with E-state index < -0.39 is 0 Å². The first-order chi connectivity index (χ1) is 13.3. The second-order valence-electron chi connectivity index (χ2n) is 7.94. The molecule has 1 unspecified atom stereocenters. The van der Waals surface area contributed by atoms with Gasteiger partial charge in [-0.15, -0.1) is 0 Å². The molecule has 0 heterocycles. The van der Waals surface area contributed by atoms with Gasteiger partial charge in [0.05, 0.1) is 0 Å². The molecule has 0 aromatic heterocycles. The van der Waals surface area contributed by atoms with Crippen molar-refractivity contribution in [2.24, 2.45) is 4.99 Å². The maximum Gasteiger partial charge on any atom is 0.242 e. The highest BCUT2D eigenvalue weighted by Gasteiger charge is 2.17. The van der Waals surface area contributed by atoms with Gasteiger partial charge >= 0.3 is 0 Å². The van der Waals surface area contributed by atoms with E-state index in [1.165, 1.54) is 5.56 Å². The molecule has 0 aliphatic rings. The zero-order valence-corrected chi connectivity index (χ0v) is 18.5. The minimum absolute atomic E-state index is 0.0747. The van der Waals surface area contributed by atoms with Crippen molar-refractivity contribution in [2.45, 2.75) is 59.5 Å². The van der Waals surface area contributed by atoms with Crippen molar-refractivity contribution in [2.75, 3.05) is 32.7 Å². The first-order valence-electron chi connectivity index (χ1n) is 10.4. The number of nitrogens with zero attached hydrogens (tertiary/aromatic N) is 2. The largest absolute Gasteiger partial charge is 0.357 e. The van der Waals surface area contributed by atoms with E-state index in [0.717, 1.165) is 32.6 Å². The molecule has 1 atom stereocenters. The number of nitrogens with one attached hydrogen (secondary N) is 3. The number of benzene rings is 1. The molecule has 6 heteroatoms. The lowest BCUT2D eigenvalue weighted by molar-refractivity contribution is -0.121. The van der Waals surface area contributed by atoms with Crippen molar-refractivity contribution < 1.29 is 4.79 Å². The van der Waals surface area contributed by atoms with Gasteiger partial charge in [-0.3, -0.25) is 9.69 Å². The number of carbonyl (C=O) groups is 1. The van der Waals surface area contributed by atoms with Gasteiger partial charge in [0.2, 0.25) is 5.91 Å². The van der Waals surface area contributed by atoms with Crippen molar-refractivity contribution in [1.82, 2.24) is 20.9 Å². The molecule has 0 saturated carbocycles. The summed E-state index contributed by atoms with van der Waals surface area (Å²) in [6.07, 6.45) is 0.972. The number of hydrogen-bond acceptors (Lipinski definition) is 3. The molecular formula is C22H39N5O. The fraction of sp³-hybridized carbons (Fsp3) is 0.636. The van der Waals surface area contributed by atoms with Crippen LogP contribution in [0.25, 0.3) is 0 Å². The van der Waals surface area contributed by atoms with Crippen molar-refractivity contribution in [1.29, 1.82) is 0 Å². The van der Waals surface area contributed by atoms with E-state index in [0.29, 0.717) is 12.0 Å². The lowest BCUT2D eigenvalue weighted by atomic mass is 10.0. The van der Waals surface area contributed by atoms with Crippen LogP contribution in [0.4, 0.5) is 0 Å². The molecule has 0 radical (unpaired) electrons. The van der Waals surface area contributed by atoms with Crippen molar-refractivity contribution in [3.8, 4) is 0 Å². The number of likely N-dealkylation sites (N-methyl/N-ethyl adjacent to an activating group) is 1. The molecule has 0 fully saturated rings. The maximum absolute atomic E-state index is 12.1. The van der Waals surface area contributed by atoms with E-state index >= 15 is 0 Å². The Hall–Kier alpha value is -2.08. The molecule has 0 saturated heterocycles. The Labute approximate surface area is 171 Å². The third-order valence-electron chi connectivity index (χ3n) is 4.39. The summed E-state index contributed by atoms with van der Waals surface area (Å²) >= 11 is 0. The van der Waals surface area contributed by atoms with E-state index in [4.69, 9.17) is 0 Å². The van der Waals surface area contributed by atoms with Crippen molar-refractivity contribution >= 4 is 11.9 Å². The lowest BCUT2D eigenvalue weighted by Crippen LogP contribution is -2.48. The Kier molecular flexibility index (Phi) is 10.6. The van der Waals surface area contributed by atoms with E-state index in [9.17, 15) is 4.79 Å². The zero-order valence-electron chi connectivity index (χ0n) is 18.5. The van der Waals surface area contributed by atoms with Gasteiger partial charge in [-0.05, 0) is 52.8 Å². The molecular weight excluding hydrogens is 350 g/mol. The molecule has 3 N–H and O–H groups in total. The smallest absolute Gasteiger partial charge is 0.242 e. The lowest BCUT2D eigenvalue weighted by Gasteiger charge is -2.30. The van der Waals surface area contributed by atoms with E-state index in [1.54, 1.807) is 0 Å². The second kappa shape index (κ2) is 12.4. The number of guanidine groups is 1. The summed E-state index contributed by atoms with van der Waals surface area (Å²) in [5, 5.41) is 9.60. The van der Waals surface area contributed by atoms with Gasteiger partial charge in [0.1, 0.15) is 6.54 Å². The van der Waals surface area contributed by atoms with Crippen LogP contribution in [0.2, 0.25) is 0 Å². The van der Waals surface area contributed by atoms with Crippen LogP contribution in [-0.4, -0.2) is 61.1 Å². The highest BCUT2D eigenvalue weighted by atomic mass is 16.2. The third kappa shape index (κ3) is 9.74. The molecule has 0 bridgehead atoms. The Morgan fingerprint density at radius 3 is 2.25 bits per heavy atom. The average Bonchev–Trinajstić information content (AvgIpc) is 2.64. The number of amides is 1. The molecule has 1 aromatic carbocycles. The predicted octanol–water partition coefficient (Wildman–Crippen LogP) is 2.41. The summed E-state index contributed by atoms with van der Waals surface area (Å²) in [4.78, 5) is 19.0. The maximum atomic E-state index is 12.1. The van der Waals surface area contributed by atoms with Gasteiger partial charge in [-0.2, -0.15) is 0 Å². The highest BCUT2D eigenvalue weighted by molar-refractivity contribution is 5.85. The van der Waals surface area contributed by atoms with E-state index in [-0.39, 0.29) is 18.0 Å². The summed E-state index contributed by atoms with van der Waals surface area (Å²) in [6, 6.07) is 10.9. The van der Waals surface area contributed by atoms with Crippen LogP contribution in [-0.2, 0) is 11.2 Å². The number of hydrogen-bond donors (Lipinski definition) is 3. The Morgan fingerprint density at radius 1 is 1.07 bits per heavy atom. The molecule has 0 spiro atoms. The van der Waals surface area contributed by atoms with E-state index in [1.807, 2.05) is 33.8 Å². The summed E-state index contributed by atoms with van der Waals surface area (Å²) in [5.41, 5.74) is 1.08. The second-order valence-corrected chi connectivity index (χ2v) is 7.94. The molecule has 1 rings (SSSR count). The van der Waals surface area contributed by atoms with Crippen molar-refractivity contribution in [3.05, 3.63) is 35.9 Å². The topological polar surface area (TPSA) is 68.8 Å². The van der Waals surface area contributed by atoms with E-state index in [2.05, 4.69) is 64.0 Å². The molecule has 6 nitrogen and oxygen atoms in total. The molecule has 1 amide bonds. The minimum atomic E-state index is -0.248. The third-order valence-corrected chi connectivity index (χ3v) is 4.39. The van der Waals surface area contributed by atoms with Crippen LogP contribution < -0.4 is 16.0 Å². The van der Waals surface area contributed by atoms with Crippen LogP contribution in [0.3, 0.4) is 0 Å².